The van der Waals surface area contributed by atoms with Gasteiger partial charge in [-0.3, -0.25) is 4.21 Å². The van der Waals surface area contributed by atoms with Gasteiger partial charge in [-0.15, -0.1) is 0 Å². The summed E-state index contributed by atoms with van der Waals surface area (Å²) in [7, 11) is 1.18. The van der Waals surface area contributed by atoms with E-state index in [1.54, 1.807) is 0 Å². The van der Waals surface area contributed by atoms with Gasteiger partial charge in [-0.05, 0) is 29.3 Å². The number of benzene rings is 1. The van der Waals surface area contributed by atoms with Crippen LogP contribution < -0.4 is 29.6 Å². The molecule has 0 spiro atoms. The Balaban J connectivity index is 0.00000196. The molecule has 0 radical (unpaired) electrons. The first-order valence-electron chi connectivity index (χ1n) is 3.53. The average molecular weight is 257 g/mol. The van der Waals surface area contributed by atoms with Crippen molar-refractivity contribution in [1.82, 2.24) is 0 Å². The van der Waals surface area contributed by atoms with Gasteiger partial charge in [0, 0.05) is 9.92 Å². The van der Waals surface area contributed by atoms with Gasteiger partial charge in [0.25, 0.3) is 0 Å². The zero-order chi connectivity index (χ0) is 10.7. The van der Waals surface area contributed by atoms with Crippen LogP contribution in [-0.2, 0) is 15.8 Å². The van der Waals surface area contributed by atoms with Crippen LogP contribution in [0.3, 0.4) is 0 Å². The zero-order valence-electron chi connectivity index (χ0n) is 8.15. The van der Waals surface area contributed by atoms with Crippen molar-refractivity contribution in [1.29, 1.82) is 0 Å². The minimum atomic E-state index is -2.51. The molecule has 0 heterocycles. The molecule has 76 valence electrons. The number of carbonyl (C=O) groups is 1. The maximum atomic E-state index is 11.1. The van der Waals surface area contributed by atoms with Crippen molar-refractivity contribution >= 4 is 28.7 Å². The summed E-state index contributed by atoms with van der Waals surface area (Å²) in [6, 6.07) is 3.92. The summed E-state index contributed by atoms with van der Waals surface area (Å²) in [6.07, 6.45) is 0. The molecule has 1 aromatic rings. The predicted molar refractivity (Wildman–Crippen MR) is 50.0 cm³/mol. The summed E-state index contributed by atoms with van der Waals surface area (Å²) < 4.78 is 25.9. The summed E-state index contributed by atoms with van der Waals surface area (Å²) in [5, 5.41) is 0.247. The predicted octanol–water partition coefficient (Wildman–Crippen LogP) is -1.63. The largest absolute Gasteiger partial charge is 1.00 e. The molecule has 7 heteroatoms. The summed E-state index contributed by atoms with van der Waals surface area (Å²) in [5.74, 6) is -0.708. The topological polar surface area (TPSA) is 66.4 Å². The maximum Gasteiger partial charge on any atom is 1.00 e. The van der Waals surface area contributed by atoms with E-state index in [0.29, 0.717) is 0 Å². The van der Waals surface area contributed by atoms with E-state index in [1.807, 2.05) is 0 Å². The van der Waals surface area contributed by atoms with Crippen molar-refractivity contribution in [2.45, 2.75) is 4.90 Å². The molecule has 0 saturated heterocycles. The van der Waals surface area contributed by atoms with Crippen LogP contribution in [0.1, 0.15) is 10.4 Å². The Morgan fingerprint density at radius 1 is 1.53 bits per heavy atom. The fraction of sp³-hybridized carbons (Fsp3) is 0.125. The second kappa shape index (κ2) is 6.62. The van der Waals surface area contributed by atoms with E-state index >= 15 is 0 Å². The Morgan fingerprint density at radius 3 is 2.60 bits per heavy atom. The van der Waals surface area contributed by atoms with E-state index < -0.39 is 17.0 Å². The van der Waals surface area contributed by atoms with E-state index in [0.717, 1.165) is 0 Å². The van der Waals surface area contributed by atoms with Crippen LogP contribution in [0, 0.1) is 0 Å². The first-order chi connectivity index (χ1) is 6.56. The van der Waals surface area contributed by atoms with Crippen molar-refractivity contribution in [3.8, 4) is 0 Å². The van der Waals surface area contributed by atoms with Gasteiger partial charge in [-0.1, -0.05) is 11.6 Å². The SMILES string of the molecule is COC(=O)c1ccc(Cl)cc1S(=O)[O-].[Na+]. The molecule has 0 aliphatic rings. The van der Waals surface area contributed by atoms with Crippen LogP contribution in [0.4, 0.5) is 0 Å². The average Bonchev–Trinajstić information content (AvgIpc) is 2.16. The summed E-state index contributed by atoms with van der Waals surface area (Å²) in [6.45, 7) is 0. The maximum absolute atomic E-state index is 11.1. The third-order valence-electron chi connectivity index (χ3n) is 1.53. The monoisotopic (exact) mass is 256 g/mol. The van der Waals surface area contributed by atoms with E-state index in [9.17, 15) is 13.6 Å². The quantitative estimate of drug-likeness (QED) is 0.362. The van der Waals surface area contributed by atoms with Crippen LogP contribution >= 0.6 is 11.6 Å². The standard InChI is InChI=1S/C8H7ClO4S.Na/c1-13-8(10)6-3-2-5(9)4-7(6)14(11)12;/h2-4H,1H3,(H,11,12);/q;+1/p-1. The number of carbonyl (C=O) groups excluding carboxylic acids is 1. The van der Waals surface area contributed by atoms with Gasteiger partial charge < -0.3 is 9.29 Å². The molecule has 1 atom stereocenters. The van der Waals surface area contributed by atoms with Crippen LogP contribution in [0.5, 0.6) is 0 Å². The number of hydrogen-bond donors (Lipinski definition) is 0. The molecule has 0 aliphatic carbocycles. The Labute approximate surface area is 117 Å². The van der Waals surface area contributed by atoms with E-state index in [-0.39, 0.29) is 45.0 Å². The number of rotatable bonds is 2. The smallest absolute Gasteiger partial charge is 0.768 e. The minimum absolute atomic E-state index is 0. The van der Waals surface area contributed by atoms with E-state index in [4.69, 9.17) is 11.6 Å². The molecule has 0 fully saturated rings. The van der Waals surface area contributed by atoms with Crippen molar-refractivity contribution in [3.05, 3.63) is 28.8 Å². The molecule has 1 rings (SSSR count). The molecular formula is C8H6ClNaO4S. The van der Waals surface area contributed by atoms with Crippen molar-refractivity contribution < 1.29 is 47.9 Å². The number of halogens is 1. The summed E-state index contributed by atoms with van der Waals surface area (Å²) in [4.78, 5) is 10.9. The summed E-state index contributed by atoms with van der Waals surface area (Å²) in [5.41, 5.74) is -0.0229. The molecular weight excluding hydrogens is 251 g/mol. The Bertz CT molecular complexity index is 396. The van der Waals surface area contributed by atoms with Gasteiger partial charge in [0.05, 0.1) is 12.7 Å². The second-order valence-corrected chi connectivity index (χ2v) is 3.71. The fourth-order valence-corrected chi connectivity index (χ4v) is 1.70. The van der Waals surface area contributed by atoms with Crippen LogP contribution in [0.15, 0.2) is 23.1 Å². The fourth-order valence-electron chi connectivity index (χ4n) is 0.913. The number of ether oxygens (including phenoxy) is 1. The molecule has 1 aromatic carbocycles. The first-order valence-corrected chi connectivity index (χ1v) is 4.98. The van der Waals surface area contributed by atoms with Crippen molar-refractivity contribution in [3.63, 3.8) is 0 Å². The van der Waals surface area contributed by atoms with Gasteiger partial charge >= 0.3 is 35.5 Å². The molecule has 0 aliphatic heterocycles. The molecule has 4 nitrogen and oxygen atoms in total. The molecule has 0 amide bonds. The van der Waals surface area contributed by atoms with Gasteiger partial charge in [0.1, 0.15) is 0 Å². The molecule has 0 N–H and O–H groups in total. The second-order valence-electron chi connectivity index (χ2n) is 2.37. The zero-order valence-corrected chi connectivity index (χ0v) is 11.7. The molecule has 1 unspecified atom stereocenters. The number of esters is 1. The van der Waals surface area contributed by atoms with Gasteiger partial charge in [0.2, 0.25) is 0 Å². The van der Waals surface area contributed by atoms with Crippen molar-refractivity contribution in [2.24, 2.45) is 0 Å². The van der Waals surface area contributed by atoms with Crippen LogP contribution in [0.2, 0.25) is 5.02 Å². The van der Waals surface area contributed by atoms with Crippen molar-refractivity contribution in [2.75, 3.05) is 7.11 Å². The molecule has 0 saturated carbocycles. The normalized spacial score (nSPS) is 11.4. The van der Waals surface area contributed by atoms with Gasteiger partial charge in [-0.2, -0.15) is 0 Å². The molecule has 0 bridgehead atoms. The van der Waals surface area contributed by atoms with E-state index in [1.165, 1.54) is 25.3 Å². The number of hydrogen-bond acceptors (Lipinski definition) is 4. The van der Waals surface area contributed by atoms with E-state index in [2.05, 4.69) is 4.74 Å². The van der Waals surface area contributed by atoms with Crippen LogP contribution in [0.25, 0.3) is 0 Å². The Morgan fingerprint density at radius 2 is 2.13 bits per heavy atom. The summed E-state index contributed by atoms with van der Waals surface area (Å²) >= 11 is 3.08. The minimum Gasteiger partial charge on any atom is -0.768 e. The van der Waals surface area contributed by atoms with Gasteiger partial charge in [0.15, 0.2) is 0 Å². The van der Waals surface area contributed by atoms with Crippen LogP contribution in [-0.4, -0.2) is 21.8 Å². The molecule has 15 heavy (non-hydrogen) atoms. The third kappa shape index (κ3) is 3.86. The Hall–Kier alpha value is 0.0900. The third-order valence-corrected chi connectivity index (χ3v) is 2.46. The van der Waals surface area contributed by atoms with Gasteiger partial charge in [-0.25, -0.2) is 4.79 Å². The molecule has 0 aromatic heterocycles. The first kappa shape index (κ1) is 15.1. The number of methoxy groups -OCH3 is 1. The Kier molecular flexibility index (Phi) is 6.66.